The van der Waals surface area contributed by atoms with Gasteiger partial charge in [-0.05, 0) is 54.1 Å². The molecule has 14 heteroatoms. The zero-order valence-corrected chi connectivity index (χ0v) is 23.5. The van der Waals surface area contributed by atoms with Crippen LogP contribution in [-0.2, 0) is 16.1 Å². The van der Waals surface area contributed by atoms with Gasteiger partial charge >= 0.3 is 18.1 Å². The lowest BCUT2D eigenvalue weighted by Gasteiger charge is -2.28. The van der Waals surface area contributed by atoms with E-state index in [9.17, 15) is 28.3 Å². The third-order valence-electron chi connectivity index (χ3n) is 6.64. The van der Waals surface area contributed by atoms with Gasteiger partial charge in [-0.15, -0.1) is 0 Å². The topological polar surface area (TPSA) is 167 Å². The average molecular weight is 608 g/mol. The number of aliphatic hydroxyl groups excluding tert-OH is 1. The van der Waals surface area contributed by atoms with Crippen molar-refractivity contribution in [1.29, 1.82) is 0 Å². The summed E-state index contributed by atoms with van der Waals surface area (Å²) in [6, 6.07) is 7.27. The first-order valence-electron chi connectivity index (χ1n) is 13.1. The summed E-state index contributed by atoms with van der Waals surface area (Å²) in [5.74, 6) is -2.24. The zero-order chi connectivity index (χ0) is 30.8. The second kappa shape index (κ2) is 15.2. The predicted molar refractivity (Wildman–Crippen MR) is 152 cm³/mol. The second-order valence-electron chi connectivity index (χ2n) is 9.64. The molecule has 226 valence electrons. The van der Waals surface area contributed by atoms with Gasteiger partial charge in [-0.2, -0.15) is 0 Å². The van der Waals surface area contributed by atoms with Crippen molar-refractivity contribution in [2.75, 3.05) is 19.0 Å². The highest BCUT2D eigenvalue weighted by Gasteiger charge is 2.24. The number of fused-ring (bicyclic) bond motifs is 1. The van der Waals surface area contributed by atoms with Crippen LogP contribution in [0.5, 0.6) is 0 Å². The van der Waals surface area contributed by atoms with Gasteiger partial charge in [0.25, 0.3) is 0 Å². The van der Waals surface area contributed by atoms with E-state index in [0.717, 1.165) is 0 Å². The number of hydrogen-bond donors (Lipinski definition) is 5. The van der Waals surface area contributed by atoms with Crippen molar-refractivity contribution in [3.63, 3.8) is 0 Å². The van der Waals surface area contributed by atoms with Crippen molar-refractivity contribution < 1.29 is 38.1 Å². The van der Waals surface area contributed by atoms with Gasteiger partial charge in [-0.3, -0.25) is 10.1 Å². The number of carbonyl (C=O) groups is 3. The predicted octanol–water partition coefficient (Wildman–Crippen LogP) is 4.26. The Kier molecular flexibility index (Phi) is 11.8. The van der Waals surface area contributed by atoms with E-state index in [4.69, 9.17) is 27.2 Å². The fourth-order valence-corrected chi connectivity index (χ4v) is 4.30. The van der Waals surface area contributed by atoms with E-state index in [2.05, 4.69) is 15.6 Å². The Morgan fingerprint density at radius 2 is 1.86 bits per heavy atom. The summed E-state index contributed by atoms with van der Waals surface area (Å²) in [6.45, 7) is -0.281. The van der Waals surface area contributed by atoms with Gasteiger partial charge < -0.3 is 30.9 Å². The van der Waals surface area contributed by atoms with E-state index < -0.39 is 47.9 Å². The van der Waals surface area contributed by atoms with E-state index >= 15 is 0 Å². The number of rotatable bonds is 13. The number of anilines is 1. The van der Waals surface area contributed by atoms with Crippen LogP contribution < -0.4 is 16.4 Å². The highest BCUT2D eigenvalue weighted by molar-refractivity contribution is 6.31. The number of carbonyl (C=O) groups excluding carboxylic acids is 2. The molecular weight excluding hydrogens is 576 g/mol. The summed E-state index contributed by atoms with van der Waals surface area (Å²) in [6.07, 6.45) is 0.626. The number of benzene rings is 2. The maximum absolute atomic E-state index is 13.8. The molecular formula is C28H32ClF2N5O6. The number of aliphatic hydroxyl groups is 1. The molecule has 3 amide bonds. The number of carboxylic acids is 1. The Labute approximate surface area is 245 Å². The molecule has 0 aliphatic rings. The van der Waals surface area contributed by atoms with Crippen molar-refractivity contribution in [3.05, 3.63) is 70.9 Å². The minimum atomic E-state index is -1.42. The SMILES string of the molecule is CN(C(=O)NCc1cccc(F)c1Cl)[C@@H](CCCCC(O)[C@@H](N)C(=O)O)COC(=O)Nc1cc2cc(F)ccc2cn1. The largest absolute Gasteiger partial charge is 0.480 e. The molecule has 6 N–H and O–H groups in total. The van der Waals surface area contributed by atoms with Crippen molar-refractivity contribution >= 4 is 46.3 Å². The summed E-state index contributed by atoms with van der Waals surface area (Å²) in [7, 11) is 1.49. The molecule has 0 aliphatic heterocycles. The molecule has 0 aliphatic carbocycles. The van der Waals surface area contributed by atoms with E-state index in [0.29, 0.717) is 35.6 Å². The summed E-state index contributed by atoms with van der Waals surface area (Å²) in [5, 5.41) is 25.1. The number of nitrogens with one attached hydrogen (secondary N) is 2. The second-order valence-corrected chi connectivity index (χ2v) is 10.0. The minimum absolute atomic E-state index is 0.0542. The Bertz CT molecular complexity index is 1410. The average Bonchev–Trinajstić information content (AvgIpc) is 2.96. The fourth-order valence-electron chi connectivity index (χ4n) is 4.11. The third-order valence-corrected chi connectivity index (χ3v) is 7.06. The highest BCUT2D eigenvalue weighted by Crippen LogP contribution is 2.20. The van der Waals surface area contributed by atoms with Crippen LogP contribution in [0, 0.1) is 11.6 Å². The molecule has 3 rings (SSSR count). The van der Waals surface area contributed by atoms with Gasteiger partial charge in [-0.1, -0.05) is 36.6 Å². The number of pyridine rings is 1. The molecule has 2 aromatic carbocycles. The number of hydrogen-bond acceptors (Lipinski definition) is 7. The smallest absolute Gasteiger partial charge is 0.412 e. The van der Waals surface area contributed by atoms with Crippen LogP contribution in [0.4, 0.5) is 24.2 Å². The van der Waals surface area contributed by atoms with Gasteiger partial charge in [-0.25, -0.2) is 23.4 Å². The minimum Gasteiger partial charge on any atom is -0.480 e. The number of halogens is 3. The molecule has 1 heterocycles. The summed E-state index contributed by atoms with van der Waals surface area (Å²) < 4.78 is 32.7. The number of ether oxygens (including phenoxy) is 1. The Hall–Kier alpha value is -4.07. The standard InChI is InChI=1S/C28H32ClF2N5O6/c1-36(27(40)34-14-17-5-4-7-21(31)24(17)29)20(6-2-3-8-22(37)25(32)26(38)39)15-42-28(41)35-23-12-18-11-19(30)10-9-16(18)13-33-23/h4-5,7,9-13,20,22,25,37H,2-3,6,8,14-15,32H2,1H3,(H,34,40)(H,38,39)(H,33,35,41)/t20-,22?,25+/m0/s1. The Balaban J connectivity index is 1.61. The molecule has 3 aromatic rings. The lowest BCUT2D eigenvalue weighted by Crippen LogP contribution is -2.46. The Morgan fingerprint density at radius 1 is 1.12 bits per heavy atom. The van der Waals surface area contributed by atoms with Crippen LogP contribution in [0.25, 0.3) is 10.8 Å². The number of aromatic nitrogens is 1. The van der Waals surface area contributed by atoms with Crippen molar-refractivity contribution in [1.82, 2.24) is 15.2 Å². The van der Waals surface area contributed by atoms with Crippen LogP contribution in [0.1, 0.15) is 31.2 Å². The maximum atomic E-state index is 13.8. The van der Waals surface area contributed by atoms with Crippen LogP contribution in [0.3, 0.4) is 0 Å². The zero-order valence-electron chi connectivity index (χ0n) is 22.7. The molecule has 1 unspecified atom stereocenters. The fraction of sp³-hybridized carbons (Fsp3) is 0.357. The number of nitrogens with zero attached hydrogens (tertiary/aromatic N) is 2. The summed E-state index contributed by atoms with van der Waals surface area (Å²) in [4.78, 5) is 41.8. The van der Waals surface area contributed by atoms with Gasteiger partial charge in [0.05, 0.1) is 17.2 Å². The first-order valence-corrected chi connectivity index (χ1v) is 13.4. The van der Waals surface area contributed by atoms with Crippen LogP contribution in [0.2, 0.25) is 5.02 Å². The monoisotopic (exact) mass is 607 g/mol. The lowest BCUT2D eigenvalue weighted by atomic mass is 10.0. The van der Waals surface area contributed by atoms with Gasteiger partial charge in [0, 0.05) is 25.2 Å². The van der Waals surface area contributed by atoms with Crippen LogP contribution in [-0.4, -0.2) is 70.0 Å². The molecule has 0 spiro atoms. The molecule has 11 nitrogen and oxygen atoms in total. The van der Waals surface area contributed by atoms with Gasteiger partial charge in [0.2, 0.25) is 0 Å². The number of amides is 3. The molecule has 42 heavy (non-hydrogen) atoms. The molecule has 3 atom stereocenters. The van der Waals surface area contributed by atoms with E-state index in [1.165, 1.54) is 48.5 Å². The van der Waals surface area contributed by atoms with Crippen molar-refractivity contribution in [2.45, 2.75) is 50.4 Å². The van der Waals surface area contributed by atoms with E-state index in [-0.39, 0.29) is 30.4 Å². The number of nitrogens with two attached hydrogens (primary N) is 1. The molecule has 0 saturated heterocycles. The maximum Gasteiger partial charge on any atom is 0.412 e. The van der Waals surface area contributed by atoms with Crippen LogP contribution in [0.15, 0.2) is 48.7 Å². The third kappa shape index (κ3) is 9.23. The van der Waals surface area contributed by atoms with Crippen LogP contribution >= 0.6 is 11.6 Å². The molecule has 0 radical (unpaired) electrons. The summed E-state index contributed by atoms with van der Waals surface area (Å²) >= 11 is 5.97. The number of carboxylic acid groups (broad SMARTS) is 1. The molecule has 0 bridgehead atoms. The highest BCUT2D eigenvalue weighted by atomic mass is 35.5. The van der Waals surface area contributed by atoms with Crippen molar-refractivity contribution in [2.24, 2.45) is 5.73 Å². The van der Waals surface area contributed by atoms with Crippen molar-refractivity contribution in [3.8, 4) is 0 Å². The first-order chi connectivity index (χ1) is 20.0. The Morgan fingerprint density at radius 3 is 2.60 bits per heavy atom. The quantitative estimate of drug-likeness (QED) is 0.180. The first kappa shape index (κ1) is 32.4. The van der Waals surface area contributed by atoms with Gasteiger partial charge in [0.1, 0.15) is 30.1 Å². The van der Waals surface area contributed by atoms with E-state index in [1.54, 1.807) is 12.1 Å². The number of unbranched alkanes of at least 4 members (excludes halogenated alkanes) is 1. The lowest BCUT2D eigenvalue weighted by molar-refractivity contribution is -0.141. The van der Waals surface area contributed by atoms with E-state index in [1.807, 2.05) is 0 Å². The number of urea groups is 1. The summed E-state index contributed by atoms with van der Waals surface area (Å²) in [5.41, 5.74) is 5.81. The normalized spacial score (nSPS) is 13.2. The number of aliphatic carboxylic acids is 1. The molecule has 0 saturated carbocycles. The molecule has 1 aromatic heterocycles. The van der Waals surface area contributed by atoms with Gasteiger partial charge in [0.15, 0.2) is 0 Å². The number of likely N-dealkylation sites (N-methyl/N-ethyl adjacent to an activating group) is 1. The molecule has 0 fully saturated rings.